The molecule has 14 heavy (non-hydrogen) atoms. The predicted molar refractivity (Wildman–Crippen MR) is 61.0 cm³/mol. The second kappa shape index (κ2) is 8.73. The van der Waals surface area contributed by atoms with Gasteiger partial charge in [0.25, 0.3) is 0 Å². The molecule has 0 saturated carbocycles. The summed E-state index contributed by atoms with van der Waals surface area (Å²) >= 11 is 0. The first-order chi connectivity index (χ1) is 6.70. The van der Waals surface area contributed by atoms with Gasteiger partial charge in [-0.1, -0.05) is 32.6 Å². The molecule has 0 amide bonds. The van der Waals surface area contributed by atoms with E-state index in [1.54, 1.807) is 0 Å². The van der Waals surface area contributed by atoms with E-state index in [0.29, 0.717) is 0 Å². The monoisotopic (exact) mass is 197 g/mol. The molecule has 82 valence electrons. The maximum absolute atomic E-state index is 4.07. The van der Waals surface area contributed by atoms with Crippen LogP contribution in [0.3, 0.4) is 0 Å². The van der Waals surface area contributed by atoms with Gasteiger partial charge < -0.3 is 0 Å². The van der Waals surface area contributed by atoms with Gasteiger partial charge in [0.05, 0.1) is 0 Å². The Labute approximate surface area is 87.9 Å². The maximum Gasteiger partial charge on any atom is 0.0441 e. The number of hydrogen-bond acceptors (Lipinski definition) is 2. The van der Waals surface area contributed by atoms with Crippen molar-refractivity contribution in [3.63, 3.8) is 0 Å². The third-order valence-electron chi connectivity index (χ3n) is 1.94. The van der Waals surface area contributed by atoms with E-state index < -0.39 is 0 Å². The van der Waals surface area contributed by atoms with E-state index in [4.69, 9.17) is 0 Å². The third-order valence-corrected chi connectivity index (χ3v) is 1.94. The van der Waals surface area contributed by atoms with E-state index >= 15 is 0 Å². The molecule has 0 aromatic rings. The van der Waals surface area contributed by atoms with Crippen molar-refractivity contribution in [1.82, 2.24) is 5.01 Å². The van der Waals surface area contributed by atoms with Crippen LogP contribution >= 0.6 is 0 Å². The highest BCUT2D eigenvalue weighted by Crippen LogP contribution is 2.05. The highest BCUT2D eigenvalue weighted by molar-refractivity contribution is 4.58. The zero-order chi connectivity index (χ0) is 10.8. The molecule has 0 aliphatic heterocycles. The van der Waals surface area contributed by atoms with E-state index in [9.17, 15) is 0 Å². The topological polar surface area (TPSA) is 28.0 Å². The second-order valence-corrected chi connectivity index (χ2v) is 3.88. The molecule has 0 N–H and O–H groups in total. The van der Waals surface area contributed by atoms with Crippen LogP contribution in [0, 0.1) is 5.92 Å². The minimum absolute atomic E-state index is 0.773. The van der Waals surface area contributed by atoms with E-state index in [1.807, 2.05) is 5.01 Å². The average molecular weight is 197 g/mol. The summed E-state index contributed by atoms with van der Waals surface area (Å²) in [5, 5.41) is 9.89. The van der Waals surface area contributed by atoms with Crippen molar-refractivity contribution in [1.29, 1.82) is 0 Å². The van der Waals surface area contributed by atoms with E-state index in [2.05, 4.69) is 37.7 Å². The van der Waals surface area contributed by atoms with Crippen LogP contribution in [0.5, 0.6) is 0 Å². The average Bonchev–Trinajstić information content (AvgIpc) is 2.13. The molecule has 3 heteroatoms. The second-order valence-electron chi connectivity index (χ2n) is 3.88. The van der Waals surface area contributed by atoms with Crippen LogP contribution in [-0.2, 0) is 0 Å². The summed E-state index contributed by atoms with van der Waals surface area (Å²) in [5.74, 6) is 0.773. The minimum atomic E-state index is 0.773. The molecular formula is C11H23N3. The molecule has 0 radical (unpaired) electrons. The fourth-order valence-corrected chi connectivity index (χ4v) is 1.25. The summed E-state index contributed by atoms with van der Waals surface area (Å²) in [6.45, 7) is 12.1. The molecule has 0 aromatic heterocycles. The lowest BCUT2D eigenvalue weighted by molar-refractivity contribution is 0.259. The summed E-state index contributed by atoms with van der Waals surface area (Å²) in [6, 6.07) is 0. The predicted octanol–water partition coefficient (Wildman–Crippen LogP) is 3.65. The van der Waals surface area contributed by atoms with Crippen LogP contribution in [0.4, 0.5) is 0 Å². The van der Waals surface area contributed by atoms with Crippen molar-refractivity contribution >= 4 is 0 Å². The number of nitrogens with zero attached hydrogens (tertiary/aromatic N) is 3. The molecule has 0 unspecified atom stereocenters. The van der Waals surface area contributed by atoms with Crippen molar-refractivity contribution in [2.24, 2.45) is 16.3 Å². The Bertz CT molecular complexity index is 164. The van der Waals surface area contributed by atoms with E-state index in [-0.39, 0.29) is 0 Å². The summed E-state index contributed by atoms with van der Waals surface area (Å²) in [4.78, 5) is 0. The van der Waals surface area contributed by atoms with Crippen LogP contribution in [0.2, 0.25) is 0 Å². The van der Waals surface area contributed by atoms with Gasteiger partial charge in [-0.05, 0) is 25.2 Å². The third kappa shape index (κ3) is 7.77. The quantitative estimate of drug-likeness (QED) is 0.431. The maximum atomic E-state index is 4.07. The van der Waals surface area contributed by atoms with Gasteiger partial charge in [-0.3, -0.25) is 5.01 Å². The van der Waals surface area contributed by atoms with E-state index in [1.165, 1.54) is 19.0 Å². The molecule has 0 aliphatic carbocycles. The molecule has 0 bridgehead atoms. The highest BCUT2D eigenvalue weighted by atomic mass is 15.5. The SMILES string of the molecule is C=CN=NN(CCC)CCCC(C)C. The lowest BCUT2D eigenvalue weighted by atomic mass is 10.1. The zero-order valence-corrected chi connectivity index (χ0v) is 9.74. The lowest BCUT2D eigenvalue weighted by Crippen LogP contribution is -2.19. The Hall–Kier alpha value is -0.860. The molecular weight excluding hydrogens is 174 g/mol. The molecule has 3 nitrogen and oxygen atoms in total. The van der Waals surface area contributed by atoms with Gasteiger partial charge in [0.2, 0.25) is 0 Å². The van der Waals surface area contributed by atoms with Gasteiger partial charge in [-0.15, -0.1) is 5.11 Å². The first kappa shape index (κ1) is 13.1. The van der Waals surface area contributed by atoms with Gasteiger partial charge in [0, 0.05) is 19.3 Å². The molecule has 0 aliphatic rings. The Balaban J connectivity index is 3.72. The van der Waals surface area contributed by atoms with E-state index in [0.717, 1.165) is 25.4 Å². The molecule has 0 atom stereocenters. The summed E-state index contributed by atoms with van der Waals surface area (Å²) in [6.07, 6.45) is 5.03. The highest BCUT2D eigenvalue weighted by Gasteiger charge is 2.00. The van der Waals surface area contributed by atoms with Gasteiger partial charge >= 0.3 is 0 Å². The minimum Gasteiger partial charge on any atom is -0.278 e. The smallest absolute Gasteiger partial charge is 0.0441 e. The summed E-state index contributed by atoms with van der Waals surface area (Å²) in [5.41, 5.74) is 0. The standard InChI is InChI=1S/C11H23N3/c1-5-9-14(13-12-6-2)10-7-8-11(3)4/h6,11H,2,5,7-10H2,1,3-4H3. The largest absolute Gasteiger partial charge is 0.278 e. The molecule has 0 aromatic carbocycles. The first-order valence-corrected chi connectivity index (χ1v) is 5.47. The molecule has 0 heterocycles. The number of hydrogen-bond donors (Lipinski definition) is 0. The fourth-order valence-electron chi connectivity index (χ4n) is 1.25. The van der Waals surface area contributed by atoms with Crippen LogP contribution in [0.1, 0.15) is 40.0 Å². The van der Waals surface area contributed by atoms with Crippen molar-refractivity contribution < 1.29 is 0 Å². The normalized spacial score (nSPS) is 11.1. The first-order valence-electron chi connectivity index (χ1n) is 5.47. The Morgan fingerprint density at radius 2 is 2.07 bits per heavy atom. The van der Waals surface area contributed by atoms with Crippen LogP contribution in [-0.4, -0.2) is 18.1 Å². The zero-order valence-electron chi connectivity index (χ0n) is 9.74. The Morgan fingerprint density at radius 3 is 2.57 bits per heavy atom. The van der Waals surface area contributed by atoms with Gasteiger partial charge in [-0.2, -0.15) is 0 Å². The van der Waals surface area contributed by atoms with Crippen LogP contribution < -0.4 is 0 Å². The van der Waals surface area contributed by atoms with Crippen LogP contribution in [0.15, 0.2) is 23.1 Å². The van der Waals surface area contributed by atoms with Gasteiger partial charge in [-0.25, -0.2) is 0 Å². The molecule has 0 saturated heterocycles. The lowest BCUT2D eigenvalue weighted by Gasteiger charge is -2.16. The summed E-state index contributed by atoms with van der Waals surface area (Å²) in [7, 11) is 0. The Morgan fingerprint density at radius 1 is 1.36 bits per heavy atom. The van der Waals surface area contributed by atoms with Crippen molar-refractivity contribution in [2.45, 2.75) is 40.0 Å². The summed E-state index contributed by atoms with van der Waals surface area (Å²) < 4.78 is 0. The molecule has 0 fully saturated rings. The fraction of sp³-hybridized carbons (Fsp3) is 0.818. The van der Waals surface area contributed by atoms with Crippen molar-refractivity contribution in [2.75, 3.05) is 13.1 Å². The van der Waals surface area contributed by atoms with Crippen molar-refractivity contribution in [3.8, 4) is 0 Å². The Kier molecular flexibility index (Phi) is 8.19. The number of rotatable bonds is 8. The molecule has 0 spiro atoms. The van der Waals surface area contributed by atoms with Crippen molar-refractivity contribution in [3.05, 3.63) is 12.8 Å². The van der Waals surface area contributed by atoms with Gasteiger partial charge in [0.15, 0.2) is 0 Å². The van der Waals surface area contributed by atoms with Gasteiger partial charge in [0.1, 0.15) is 0 Å². The molecule has 0 rings (SSSR count). The van der Waals surface area contributed by atoms with Crippen LogP contribution in [0.25, 0.3) is 0 Å².